The summed E-state index contributed by atoms with van der Waals surface area (Å²) in [5.41, 5.74) is 0.509. The van der Waals surface area contributed by atoms with E-state index in [9.17, 15) is 4.79 Å². The van der Waals surface area contributed by atoms with Gasteiger partial charge in [0, 0.05) is 12.1 Å². The maximum atomic E-state index is 12.5. The van der Waals surface area contributed by atoms with E-state index in [2.05, 4.69) is 24.2 Å². The van der Waals surface area contributed by atoms with Gasteiger partial charge in [-0.3, -0.25) is 4.79 Å². The maximum Gasteiger partial charge on any atom is 0.251 e. The van der Waals surface area contributed by atoms with Gasteiger partial charge >= 0.3 is 0 Å². The van der Waals surface area contributed by atoms with Gasteiger partial charge in [0.1, 0.15) is 0 Å². The molecule has 1 N–H and O–H groups in total. The summed E-state index contributed by atoms with van der Waals surface area (Å²) in [6, 6.07) is 3.39. The smallest absolute Gasteiger partial charge is 0.251 e. The molecule has 0 radical (unpaired) electrons. The van der Waals surface area contributed by atoms with Crippen LogP contribution >= 0.6 is 11.6 Å². The average molecular weight is 397 g/mol. The molecule has 27 heavy (non-hydrogen) atoms. The van der Waals surface area contributed by atoms with Crippen LogP contribution in [-0.2, 0) is 0 Å². The second kappa shape index (κ2) is 11.4. The molecular weight excluding hydrogens is 364 g/mol. The van der Waals surface area contributed by atoms with Crippen molar-refractivity contribution in [2.75, 3.05) is 39.9 Å². The molecule has 1 aliphatic rings. The molecule has 1 fully saturated rings. The van der Waals surface area contributed by atoms with Crippen molar-refractivity contribution in [1.82, 2.24) is 10.2 Å². The second-order valence-electron chi connectivity index (χ2n) is 7.21. The quantitative estimate of drug-likeness (QED) is 0.596. The van der Waals surface area contributed by atoms with E-state index in [0.29, 0.717) is 47.8 Å². The SMILES string of the molecule is CCCCOc1c(Cl)cc(C(=O)NCCC2CCN(C)CC2)cc1OCC. The van der Waals surface area contributed by atoms with Crippen LogP contribution in [0.2, 0.25) is 5.02 Å². The molecule has 1 aromatic rings. The third-order valence-corrected chi connectivity index (χ3v) is 5.27. The number of benzene rings is 1. The first kappa shape index (κ1) is 21.8. The number of unbranched alkanes of at least 4 members (excludes halogenated alkanes) is 1. The maximum absolute atomic E-state index is 12.5. The van der Waals surface area contributed by atoms with Crippen LogP contribution in [0.15, 0.2) is 12.1 Å². The number of nitrogens with zero attached hydrogens (tertiary/aromatic N) is 1. The van der Waals surface area contributed by atoms with E-state index in [0.717, 1.165) is 32.4 Å². The summed E-state index contributed by atoms with van der Waals surface area (Å²) >= 11 is 6.37. The minimum atomic E-state index is -0.120. The number of halogens is 1. The summed E-state index contributed by atoms with van der Waals surface area (Å²) in [4.78, 5) is 14.9. The van der Waals surface area contributed by atoms with Gasteiger partial charge in [-0.15, -0.1) is 0 Å². The lowest BCUT2D eigenvalue weighted by Gasteiger charge is -2.28. The first-order valence-corrected chi connectivity index (χ1v) is 10.5. The molecule has 0 aliphatic carbocycles. The van der Waals surface area contributed by atoms with Gasteiger partial charge in [0.15, 0.2) is 11.5 Å². The van der Waals surface area contributed by atoms with E-state index >= 15 is 0 Å². The van der Waals surface area contributed by atoms with Crippen LogP contribution in [0.25, 0.3) is 0 Å². The van der Waals surface area contributed by atoms with Gasteiger partial charge in [-0.2, -0.15) is 0 Å². The number of nitrogens with one attached hydrogen (secondary N) is 1. The molecule has 152 valence electrons. The Morgan fingerprint density at radius 2 is 2.00 bits per heavy atom. The number of carbonyl (C=O) groups excluding carboxylic acids is 1. The molecule has 0 bridgehead atoms. The van der Waals surface area contributed by atoms with Gasteiger partial charge in [-0.25, -0.2) is 0 Å². The number of ether oxygens (including phenoxy) is 2. The van der Waals surface area contributed by atoms with Gasteiger partial charge < -0.3 is 19.7 Å². The van der Waals surface area contributed by atoms with Crippen molar-refractivity contribution in [2.24, 2.45) is 5.92 Å². The summed E-state index contributed by atoms with van der Waals surface area (Å²) in [5.74, 6) is 1.63. The van der Waals surface area contributed by atoms with Crippen molar-refractivity contribution < 1.29 is 14.3 Å². The Labute approximate surface area is 168 Å². The van der Waals surface area contributed by atoms with Crippen LogP contribution in [0.3, 0.4) is 0 Å². The highest BCUT2D eigenvalue weighted by molar-refractivity contribution is 6.32. The average Bonchev–Trinajstić information content (AvgIpc) is 2.65. The molecule has 1 aromatic carbocycles. The van der Waals surface area contributed by atoms with Crippen LogP contribution in [0.1, 0.15) is 56.3 Å². The monoisotopic (exact) mass is 396 g/mol. The van der Waals surface area contributed by atoms with Gasteiger partial charge in [0.25, 0.3) is 5.91 Å². The fraction of sp³-hybridized carbons (Fsp3) is 0.667. The minimum Gasteiger partial charge on any atom is -0.490 e. The van der Waals surface area contributed by atoms with Crippen molar-refractivity contribution in [3.05, 3.63) is 22.7 Å². The number of carbonyl (C=O) groups is 1. The lowest BCUT2D eigenvalue weighted by molar-refractivity contribution is 0.0948. The minimum absolute atomic E-state index is 0.120. The van der Waals surface area contributed by atoms with Crippen molar-refractivity contribution in [3.8, 4) is 11.5 Å². The fourth-order valence-corrected chi connectivity index (χ4v) is 3.53. The number of piperidine rings is 1. The number of amides is 1. The van der Waals surface area contributed by atoms with Crippen LogP contribution in [-0.4, -0.2) is 50.7 Å². The standard InChI is InChI=1S/C21H33ClN2O3/c1-4-6-13-27-20-18(22)14-17(15-19(20)26-5-2)21(25)23-10-7-16-8-11-24(3)12-9-16/h14-16H,4-13H2,1-3H3,(H,23,25). The zero-order chi connectivity index (χ0) is 19.6. The third kappa shape index (κ3) is 6.89. The first-order valence-electron chi connectivity index (χ1n) is 10.1. The van der Waals surface area contributed by atoms with Gasteiger partial charge in [-0.1, -0.05) is 24.9 Å². The molecule has 6 heteroatoms. The lowest BCUT2D eigenvalue weighted by Crippen LogP contribution is -2.32. The van der Waals surface area contributed by atoms with E-state index < -0.39 is 0 Å². The van der Waals surface area contributed by atoms with Crippen LogP contribution in [0.5, 0.6) is 11.5 Å². The molecule has 0 spiro atoms. The van der Waals surface area contributed by atoms with E-state index in [-0.39, 0.29) is 5.91 Å². The van der Waals surface area contributed by atoms with E-state index in [4.69, 9.17) is 21.1 Å². The summed E-state index contributed by atoms with van der Waals surface area (Å²) in [6.07, 6.45) is 5.41. The Kier molecular flexibility index (Phi) is 9.22. The first-order chi connectivity index (χ1) is 13.0. The summed E-state index contributed by atoms with van der Waals surface area (Å²) in [6.45, 7) is 8.05. The lowest BCUT2D eigenvalue weighted by atomic mass is 9.94. The highest BCUT2D eigenvalue weighted by Crippen LogP contribution is 2.37. The van der Waals surface area contributed by atoms with Gasteiger partial charge in [0.2, 0.25) is 0 Å². The van der Waals surface area contributed by atoms with Crippen LogP contribution < -0.4 is 14.8 Å². The Hall–Kier alpha value is -1.46. The molecular formula is C21H33ClN2O3. The third-order valence-electron chi connectivity index (χ3n) is 4.99. The molecule has 0 unspecified atom stereocenters. The highest BCUT2D eigenvalue weighted by atomic mass is 35.5. The Bertz CT molecular complexity index is 601. The summed E-state index contributed by atoms with van der Waals surface area (Å²) in [7, 11) is 2.16. The Morgan fingerprint density at radius 3 is 2.67 bits per heavy atom. The number of likely N-dealkylation sites (tertiary alicyclic amines) is 1. The summed E-state index contributed by atoms with van der Waals surface area (Å²) in [5, 5.41) is 3.43. The molecule has 1 aliphatic heterocycles. The van der Waals surface area contributed by atoms with Gasteiger partial charge in [-0.05, 0) is 70.8 Å². The van der Waals surface area contributed by atoms with E-state index in [1.165, 1.54) is 12.8 Å². The Morgan fingerprint density at radius 1 is 1.26 bits per heavy atom. The topological polar surface area (TPSA) is 50.8 Å². The van der Waals surface area contributed by atoms with E-state index in [1.807, 2.05) is 6.92 Å². The molecule has 0 atom stereocenters. The highest BCUT2D eigenvalue weighted by Gasteiger charge is 2.18. The molecule has 0 saturated carbocycles. The van der Waals surface area contributed by atoms with Gasteiger partial charge in [0.05, 0.1) is 18.2 Å². The van der Waals surface area contributed by atoms with Crippen molar-refractivity contribution in [3.63, 3.8) is 0 Å². The zero-order valence-electron chi connectivity index (χ0n) is 16.9. The van der Waals surface area contributed by atoms with Crippen LogP contribution in [0, 0.1) is 5.92 Å². The van der Waals surface area contributed by atoms with Crippen LogP contribution in [0.4, 0.5) is 0 Å². The predicted octanol–water partition coefficient (Wildman–Crippen LogP) is 4.38. The summed E-state index contributed by atoms with van der Waals surface area (Å²) < 4.78 is 11.4. The Balaban J connectivity index is 1.94. The normalized spacial score (nSPS) is 15.6. The second-order valence-corrected chi connectivity index (χ2v) is 7.62. The number of hydrogen-bond acceptors (Lipinski definition) is 4. The molecule has 5 nitrogen and oxygen atoms in total. The van der Waals surface area contributed by atoms with Crippen molar-refractivity contribution in [2.45, 2.75) is 46.0 Å². The molecule has 2 rings (SSSR count). The largest absolute Gasteiger partial charge is 0.490 e. The molecule has 1 heterocycles. The molecule has 1 amide bonds. The van der Waals surface area contributed by atoms with Crippen molar-refractivity contribution in [1.29, 1.82) is 0 Å². The predicted molar refractivity (Wildman–Crippen MR) is 110 cm³/mol. The number of rotatable bonds is 10. The van der Waals surface area contributed by atoms with E-state index in [1.54, 1.807) is 12.1 Å². The zero-order valence-corrected chi connectivity index (χ0v) is 17.6. The molecule has 0 aromatic heterocycles. The van der Waals surface area contributed by atoms with Crippen molar-refractivity contribution >= 4 is 17.5 Å². The fourth-order valence-electron chi connectivity index (χ4n) is 3.26. The number of hydrogen-bond donors (Lipinski definition) is 1. The molecule has 1 saturated heterocycles.